The smallest absolute Gasteiger partial charge is 0.241 e. The zero-order valence-corrected chi connectivity index (χ0v) is 17.8. The molecule has 2 heterocycles. The number of rotatable bonds is 5. The third kappa shape index (κ3) is 3.19. The number of benzene rings is 3. The quantitative estimate of drug-likeness (QED) is 0.650. The third-order valence-electron chi connectivity index (χ3n) is 6.52. The Morgan fingerprint density at radius 1 is 0.968 bits per heavy atom. The Labute approximate surface area is 183 Å². The van der Waals surface area contributed by atoms with Crippen LogP contribution in [0.3, 0.4) is 0 Å². The number of anilines is 1. The van der Waals surface area contributed by atoms with Crippen LogP contribution < -0.4 is 15.0 Å². The molecule has 2 aliphatic heterocycles. The molecule has 3 aromatic rings. The summed E-state index contributed by atoms with van der Waals surface area (Å²) in [5.74, 6) is 0.889. The summed E-state index contributed by atoms with van der Waals surface area (Å²) in [7, 11) is 0. The minimum Gasteiger partial charge on any atom is -0.489 e. The number of amides is 1. The largest absolute Gasteiger partial charge is 0.489 e. The normalized spacial score (nSPS) is 21.1. The third-order valence-corrected chi connectivity index (χ3v) is 6.52. The molecule has 0 aliphatic carbocycles. The highest BCUT2D eigenvalue weighted by Crippen LogP contribution is 2.52. The SMILES string of the molecule is CC1(C)c2ccccc2N2CC(=O)NC21C=Cc1ccc(OCc2ccccc2)cc1. The average molecular weight is 411 g/mol. The number of carbonyl (C=O) groups excluding carboxylic acids is 1. The maximum atomic E-state index is 12.4. The van der Waals surface area contributed by atoms with Crippen LogP contribution in [0.5, 0.6) is 5.75 Å². The van der Waals surface area contributed by atoms with Crippen LogP contribution in [0, 0.1) is 0 Å². The molecule has 0 bridgehead atoms. The lowest BCUT2D eigenvalue weighted by molar-refractivity contribution is -0.118. The number of carbonyl (C=O) groups is 1. The summed E-state index contributed by atoms with van der Waals surface area (Å²) in [5.41, 5.74) is 3.76. The summed E-state index contributed by atoms with van der Waals surface area (Å²) in [5, 5.41) is 3.26. The van der Waals surface area contributed by atoms with Gasteiger partial charge in [-0.05, 0) is 41.0 Å². The standard InChI is InChI=1S/C27H26N2O2/c1-26(2)23-10-6-7-11-24(23)29-18-25(30)28-27(26,29)17-16-20-12-14-22(15-13-20)31-19-21-8-4-3-5-9-21/h3-17H,18-19H2,1-2H3,(H,28,30). The summed E-state index contributed by atoms with van der Waals surface area (Å²) in [4.78, 5) is 14.6. The molecule has 1 fully saturated rings. The maximum absolute atomic E-state index is 12.4. The molecular weight excluding hydrogens is 384 g/mol. The minimum atomic E-state index is -0.573. The Morgan fingerprint density at radius 2 is 1.68 bits per heavy atom. The van der Waals surface area contributed by atoms with Crippen LogP contribution in [0.1, 0.15) is 30.5 Å². The van der Waals surface area contributed by atoms with Gasteiger partial charge >= 0.3 is 0 Å². The molecule has 1 N–H and O–H groups in total. The van der Waals surface area contributed by atoms with Crippen molar-refractivity contribution in [2.75, 3.05) is 11.4 Å². The van der Waals surface area contributed by atoms with Gasteiger partial charge < -0.3 is 15.0 Å². The van der Waals surface area contributed by atoms with E-state index in [0.717, 1.165) is 22.6 Å². The highest BCUT2D eigenvalue weighted by molar-refractivity contribution is 5.91. The molecule has 0 spiro atoms. The minimum absolute atomic E-state index is 0.0527. The molecule has 0 radical (unpaired) electrons. The van der Waals surface area contributed by atoms with E-state index in [-0.39, 0.29) is 11.3 Å². The number of nitrogens with one attached hydrogen (secondary N) is 1. The molecule has 5 rings (SSSR count). The lowest BCUT2D eigenvalue weighted by atomic mass is 9.75. The maximum Gasteiger partial charge on any atom is 0.241 e. The molecule has 3 aromatic carbocycles. The molecule has 2 aliphatic rings. The van der Waals surface area contributed by atoms with Crippen LogP contribution in [-0.2, 0) is 16.8 Å². The van der Waals surface area contributed by atoms with E-state index in [1.54, 1.807) is 0 Å². The van der Waals surface area contributed by atoms with Crippen LogP contribution in [0.15, 0.2) is 84.9 Å². The number of nitrogens with zero attached hydrogens (tertiary/aromatic N) is 1. The van der Waals surface area contributed by atoms with Gasteiger partial charge in [-0.1, -0.05) is 80.6 Å². The van der Waals surface area contributed by atoms with Crippen LogP contribution in [0.4, 0.5) is 5.69 Å². The van der Waals surface area contributed by atoms with Gasteiger partial charge in [0.05, 0.1) is 6.54 Å². The summed E-state index contributed by atoms with van der Waals surface area (Å²) in [6.07, 6.45) is 4.23. The van der Waals surface area contributed by atoms with E-state index in [1.807, 2.05) is 48.5 Å². The molecule has 1 atom stereocenters. The fourth-order valence-corrected chi connectivity index (χ4v) is 4.77. The topological polar surface area (TPSA) is 41.6 Å². The summed E-state index contributed by atoms with van der Waals surface area (Å²) >= 11 is 0. The van der Waals surface area contributed by atoms with E-state index in [4.69, 9.17) is 4.74 Å². The first-order chi connectivity index (χ1) is 15.0. The Kier molecular flexibility index (Phi) is 4.58. The van der Waals surface area contributed by atoms with Gasteiger partial charge in [-0.3, -0.25) is 4.79 Å². The van der Waals surface area contributed by atoms with E-state index in [1.165, 1.54) is 5.56 Å². The first kappa shape index (κ1) is 19.4. The Bertz CT molecular complexity index is 1140. The van der Waals surface area contributed by atoms with Crippen molar-refractivity contribution in [2.24, 2.45) is 0 Å². The van der Waals surface area contributed by atoms with E-state index in [0.29, 0.717) is 13.2 Å². The molecule has 0 saturated carbocycles. The number of hydrogen-bond donors (Lipinski definition) is 1. The van der Waals surface area contributed by atoms with Crippen molar-refractivity contribution in [3.8, 4) is 5.75 Å². The van der Waals surface area contributed by atoms with Gasteiger partial charge in [0, 0.05) is 11.1 Å². The second-order valence-corrected chi connectivity index (χ2v) is 8.72. The molecule has 1 unspecified atom stereocenters. The molecule has 1 amide bonds. The molecule has 4 nitrogen and oxygen atoms in total. The average Bonchev–Trinajstić information content (AvgIpc) is 3.22. The van der Waals surface area contributed by atoms with E-state index >= 15 is 0 Å². The zero-order valence-electron chi connectivity index (χ0n) is 17.8. The fourth-order valence-electron chi connectivity index (χ4n) is 4.77. The predicted molar refractivity (Wildman–Crippen MR) is 124 cm³/mol. The lowest BCUT2D eigenvalue weighted by Crippen LogP contribution is -2.58. The fraction of sp³-hybridized carbons (Fsp3) is 0.222. The van der Waals surface area contributed by atoms with Crippen molar-refractivity contribution >= 4 is 17.7 Å². The molecule has 31 heavy (non-hydrogen) atoms. The van der Waals surface area contributed by atoms with Crippen molar-refractivity contribution in [1.29, 1.82) is 0 Å². The lowest BCUT2D eigenvalue weighted by Gasteiger charge is -2.40. The molecule has 1 saturated heterocycles. The molecule has 0 aromatic heterocycles. The van der Waals surface area contributed by atoms with Crippen molar-refractivity contribution in [3.63, 3.8) is 0 Å². The van der Waals surface area contributed by atoms with Gasteiger partial charge in [-0.2, -0.15) is 0 Å². The van der Waals surface area contributed by atoms with Crippen molar-refractivity contribution < 1.29 is 9.53 Å². The van der Waals surface area contributed by atoms with Gasteiger partial charge in [-0.15, -0.1) is 0 Å². The number of hydrogen-bond acceptors (Lipinski definition) is 3. The highest BCUT2D eigenvalue weighted by atomic mass is 16.5. The second kappa shape index (κ2) is 7.31. The Balaban J connectivity index is 1.37. The molecule has 156 valence electrons. The summed E-state index contributed by atoms with van der Waals surface area (Å²) < 4.78 is 5.89. The van der Waals surface area contributed by atoms with Gasteiger partial charge in [0.15, 0.2) is 0 Å². The number of fused-ring (bicyclic) bond motifs is 3. The van der Waals surface area contributed by atoms with Crippen LogP contribution in [-0.4, -0.2) is 18.1 Å². The predicted octanol–water partition coefficient (Wildman–Crippen LogP) is 4.90. The van der Waals surface area contributed by atoms with Gasteiger partial charge in [0.25, 0.3) is 0 Å². The number of ether oxygens (including phenoxy) is 1. The van der Waals surface area contributed by atoms with Gasteiger partial charge in [0.1, 0.15) is 18.0 Å². The van der Waals surface area contributed by atoms with Crippen molar-refractivity contribution in [1.82, 2.24) is 5.32 Å². The van der Waals surface area contributed by atoms with Crippen molar-refractivity contribution in [3.05, 3.63) is 102 Å². The second-order valence-electron chi connectivity index (χ2n) is 8.72. The zero-order chi connectivity index (χ0) is 21.5. The first-order valence-corrected chi connectivity index (χ1v) is 10.6. The monoisotopic (exact) mass is 410 g/mol. The van der Waals surface area contributed by atoms with E-state index < -0.39 is 5.66 Å². The Hall–Kier alpha value is -3.53. The van der Waals surface area contributed by atoms with Crippen LogP contribution in [0.2, 0.25) is 0 Å². The van der Waals surface area contributed by atoms with E-state index in [9.17, 15) is 4.79 Å². The molecular formula is C27H26N2O2. The summed E-state index contributed by atoms with van der Waals surface area (Å²) in [6, 6.07) is 26.6. The first-order valence-electron chi connectivity index (χ1n) is 10.6. The molecule has 4 heteroatoms. The van der Waals surface area contributed by atoms with E-state index in [2.05, 4.69) is 66.5 Å². The highest BCUT2D eigenvalue weighted by Gasteiger charge is 2.59. The number of para-hydroxylation sites is 1. The summed E-state index contributed by atoms with van der Waals surface area (Å²) in [6.45, 7) is 5.31. The van der Waals surface area contributed by atoms with Crippen LogP contribution >= 0.6 is 0 Å². The Morgan fingerprint density at radius 3 is 2.45 bits per heavy atom. The van der Waals surface area contributed by atoms with Crippen LogP contribution in [0.25, 0.3) is 6.08 Å². The van der Waals surface area contributed by atoms with Crippen molar-refractivity contribution in [2.45, 2.75) is 31.5 Å². The van der Waals surface area contributed by atoms with Gasteiger partial charge in [-0.25, -0.2) is 0 Å². The van der Waals surface area contributed by atoms with Gasteiger partial charge in [0.2, 0.25) is 5.91 Å².